The number of aliphatic hydroxyl groups excluding tert-OH is 1. The van der Waals surface area contributed by atoms with Crippen molar-refractivity contribution < 1.29 is 9.84 Å². The second-order valence-corrected chi connectivity index (χ2v) is 5.14. The average molecular weight is 265 g/mol. The van der Waals surface area contributed by atoms with Crippen molar-refractivity contribution in [1.82, 2.24) is 0 Å². The second kappa shape index (κ2) is 8.94. The molecule has 0 aliphatic rings. The quantitative estimate of drug-likeness (QED) is 0.671. The maximum Gasteiger partial charge on any atom is 0.102 e. The van der Waals surface area contributed by atoms with E-state index >= 15 is 0 Å². The lowest BCUT2D eigenvalue weighted by atomic mass is 10.0. The van der Waals surface area contributed by atoms with Gasteiger partial charge in [-0.2, -0.15) is 0 Å². The first-order valence-corrected chi connectivity index (χ1v) is 7.28. The van der Waals surface area contributed by atoms with Gasteiger partial charge in [0, 0.05) is 12.3 Å². The van der Waals surface area contributed by atoms with Crippen LogP contribution in [0.3, 0.4) is 0 Å². The molecule has 19 heavy (non-hydrogen) atoms. The molecule has 2 atom stereocenters. The van der Waals surface area contributed by atoms with Gasteiger partial charge in [0.25, 0.3) is 0 Å². The molecule has 1 aromatic carbocycles. The first kappa shape index (κ1) is 16.0. The minimum atomic E-state index is -0.565. The van der Waals surface area contributed by atoms with Crippen molar-refractivity contribution in [3.63, 3.8) is 0 Å². The molecule has 0 spiro atoms. The molecule has 1 aromatic rings. The molecule has 3 heteroatoms. The normalized spacial score (nSPS) is 14.3. The number of ether oxygens (including phenoxy) is 1. The first-order valence-electron chi connectivity index (χ1n) is 7.28. The SMILES string of the molecule is CCCCC(CC)COCC(O)c1ccc(N)cc1. The molecule has 0 bridgehead atoms. The molecule has 0 fully saturated rings. The Hall–Kier alpha value is -1.06. The fourth-order valence-electron chi connectivity index (χ4n) is 2.06. The van der Waals surface area contributed by atoms with Gasteiger partial charge in [-0.25, -0.2) is 0 Å². The van der Waals surface area contributed by atoms with Crippen LogP contribution < -0.4 is 5.73 Å². The van der Waals surface area contributed by atoms with E-state index in [2.05, 4.69) is 13.8 Å². The molecule has 0 aliphatic heterocycles. The predicted octanol–water partition coefficient (Wildman–Crippen LogP) is 3.54. The van der Waals surface area contributed by atoms with Crippen LogP contribution in [0.1, 0.15) is 51.2 Å². The van der Waals surface area contributed by atoms with E-state index in [0.29, 0.717) is 18.2 Å². The van der Waals surface area contributed by atoms with Crippen molar-refractivity contribution in [2.24, 2.45) is 5.92 Å². The van der Waals surface area contributed by atoms with Gasteiger partial charge in [-0.15, -0.1) is 0 Å². The fraction of sp³-hybridized carbons (Fsp3) is 0.625. The summed E-state index contributed by atoms with van der Waals surface area (Å²) in [6.45, 7) is 5.49. The van der Waals surface area contributed by atoms with E-state index in [-0.39, 0.29) is 0 Å². The molecule has 0 radical (unpaired) electrons. The molecular weight excluding hydrogens is 238 g/mol. The van der Waals surface area contributed by atoms with E-state index in [9.17, 15) is 5.11 Å². The van der Waals surface area contributed by atoms with Gasteiger partial charge in [-0.05, 0) is 30.0 Å². The third-order valence-electron chi connectivity index (χ3n) is 3.49. The number of hydrogen-bond donors (Lipinski definition) is 2. The molecule has 0 saturated heterocycles. The highest BCUT2D eigenvalue weighted by Crippen LogP contribution is 2.17. The van der Waals surface area contributed by atoms with Gasteiger partial charge in [-0.3, -0.25) is 0 Å². The van der Waals surface area contributed by atoms with Crippen molar-refractivity contribution in [3.8, 4) is 0 Å². The summed E-state index contributed by atoms with van der Waals surface area (Å²) in [5, 5.41) is 10.0. The Kier molecular flexibility index (Phi) is 7.53. The zero-order valence-corrected chi connectivity index (χ0v) is 12.1. The summed E-state index contributed by atoms with van der Waals surface area (Å²) < 4.78 is 5.65. The molecule has 0 amide bonds. The molecule has 2 unspecified atom stereocenters. The molecular formula is C16H27NO2. The van der Waals surface area contributed by atoms with Gasteiger partial charge >= 0.3 is 0 Å². The monoisotopic (exact) mass is 265 g/mol. The number of hydrogen-bond acceptors (Lipinski definition) is 3. The van der Waals surface area contributed by atoms with Crippen LogP contribution in [-0.2, 0) is 4.74 Å². The van der Waals surface area contributed by atoms with E-state index in [4.69, 9.17) is 10.5 Å². The average Bonchev–Trinajstić information content (AvgIpc) is 2.43. The van der Waals surface area contributed by atoms with E-state index in [1.807, 2.05) is 12.1 Å². The molecule has 0 aromatic heterocycles. The Labute approximate surface area is 116 Å². The summed E-state index contributed by atoms with van der Waals surface area (Å²) >= 11 is 0. The van der Waals surface area contributed by atoms with Crippen molar-refractivity contribution in [2.45, 2.75) is 45.6 Å². The lowest BCUT2D eigenvalue weighted by Gasteiger charge is -2.17. The summed E-state index contributed by atoms with van der Waals surface area (Å²) in [4.78, 5) is 0. The van der Waals surface area contributed by atoms with Gasteiger partial charge in [0.05, 0.1) is 6.61 Å². The topological polar surface area (TPSA) is 55.5 Å². The van der Waals surface area contributed by atoms with E-state index in [1.54, 1.807) is 12.1 Å². The van der Waals surface area contributed by atoms with Gasteiger partial charge in [0.2, 0.25) is 0 Å². The number of benzene rings is 1. The summed E-state index contributed by atoms with van der Waals surface area (Å²) in [7, 11) is 0. The first-order chi connectivity index (χ1) is 9.17. The van der Waals surface area contributed by atoms with Crippen molar-refractivity contribution in [2.75, 3.05) is 18.9 Å². The number of unbranched alkanes of at least 4 members (excludes halogenated alkanes) is 1. The second-order valence-electron chi connectivity index (χ2n) is 5.14. The number of nitrogen functional groups attached to an aromatic ring is 1. The summed E-state index contributed by atoms with van der Waals surface area (Å²) in [6.07, 6.45) is 4.26. The Balaban J connectivity index is 2.29. The number of rotatable bonds is 9. The van der Waals surface area contributed by atoms with Crippen LogP contribution in [0.5, 0.6) is 0 Å². The largest absolute Gasteiger partial charge is 0.399 e. The summed E-state index contributed by atoms with van der Waals surface area (Å²) in [5.74, 6) is 0.610. The summed E-state index contributed by atoms with van der Waals surface area (Å²) in [6, 6.07) is 7.29. The molecule has 0 aliphatic carbocycles. The fourth-order valence-corrected chi connectivity index (χ4v) is 2.06. The van der Waals surface area contributed by atoms with E-state index < -0.39 is 6.10 Å². The van der Waals surface area contributed by atoms with Crippen LogP contribution in [0.15, 0.2) is 24.3 Å². The lowest BCUT2D eigenvalue weighted by molar-refractivity contribution is 0.0181. The molecule has 1 rings (SSSR count). The van der Waals surface area contributed by atoms with E-state index in [0.717, 1.165) is 18.6 Å². The van der Waals surface area contributed by atoms with Gasteiger partial charge < -0.3 is 15.6 Å². The molecule has 0 heterocycles. The Bertz CT molecular complexity index is 337. The standard InChI is InChI=1S/C16H27NO2/c1-3-5-6-13(4-2)11-19-12-16(18)14-7-9-15(17)10-8-14/h7-10,13,16,18H,3-6,11-12,17H2,1-2H3. The Morgan fingerprint density at radius 2 is 1.84 bits per heavy atom. The number of anilines is 1. The third-order valence-corrected chi connectivity index (χ3v) is 3.49. The maximum absolute atomic E-state index is 10.0. The highest BCUT2D eigenvalue weighted by atomic mass is 16.5. The third kappa shape index (κ3) is 6.08. The smallest absolute Gasteiger partial charge is 0.102 e. The zero-order chi connectivity index (χ0) is 14.1. The molecule has 3 N–H and O–H groups in total. The number of nitrogens with two attached hydrogens (primary N) is 1. The van der Waals surface area contributed by atoms with Crippen LogP contribution in [0, 0.1) is 5.92 Å². The lowest BCUT2D eigenvalue weighted by Crippen LogP contribution is -2.13. The maximum atomic E-state index is 10.0. The Morgan fingerprint density at radius 1 is 1.16 bits per heavy atom. The van der Waals surface area contributed by atoms with Crippen molar-refractivity contribution in [1.29, 1.82) is 0 Å². The minimum absolute atomic E-state index is 0.354. The van der Waals surface area contributed by atoms with Crippen LogP contribution in [0.25, 0.3) is 0 Å². The van der Waals surface area contributed by atoms with Crippen molar-refractivity contribution in [3.05, 3.63) is 29.8 Å². The Morgan fingerprint density at radius 3 is 2.42 bits per heavy atom. The molecule has 0 saturated carbocycles. The highest BCUT2D eigenvalue weighted by Gasteiger charge is 2.10. The van der Waals surface area contributed by atoms with Crippen LogP contribution in [-0.4, -0.2) is 18.3 Å². The van der Waals surface area contributed by atoms with Crippen LogP contribution in [0.4, 0.5) is 5.69 Å². The number of aliphatic hydroxyl groups is 1. The van der Waals surface area contributed by atoms with Crippen LogP contribution in [0.2, 0.25) is 0 Å². The molecule has 108 valence electrons. The highest BCUT2D eigenvalue weighted by molar-refractivity contribution is 5.39. The van der Waals surface area contributed by atoms with Gasteiger partial charge in [-0.1, -0.05) is 45.2 Å². The van der Waals surface area contributed by atoms with Crippen LogP contribution >= 0.6 is 0 Å². The van der Waals surface area contributed by atoms with Gasteiger partial charge in [0.1, 0.15) is 6.10 Å². The predicted molar refractivity (Wildman–Crippen MR) is 79.9 cm³/mol. The van der Waals surface area contributed by atoms with Gasteiger partial charge in [0.15, 0.2) is 0 Å². The summed E-state index contributed by atoms with van der Waals surface area (Å²) in [5.41, 5.74) is 7.19. The zero-order valence-electron chi connectivity index (χ0n) is 12.1. The minimum Gasteiger partial charge on any atom is -0.399 e. The van der Waals surface area contributed by atoms with E-state index in [1.165, 1.54) is 19.3 Å². The van der Waals surface area contributed by atoms with Crippen molar-refractivity contribution >= 4 is 5.69 Å². The molecule has 3 nitrogen and oxygen atoms in total.